The zero-order chi connectivity index (χ0) is 14.5. The topological polar surface area (TPSA) is 101 Å². The Labute approximate surface area is 113 Å². The number of hydrogen-bond donors (Lipinski definition) is 0. The molecule has 0 aromatic heterocycles. The van der Waals surface area contributed by atoms with Crippen LogP contribution in [0.1, 0.15) is 12.8 Å². The molecule has 0 aliphatic heterocycles. The van der Waals surface area contributed by atoms with Gasteiger partial charge in [0.25, 0.3) is 0 Å². The predicted octanol–water partition coefficient (Wildman–Crippen LogP) is 0.794. The van der Waals surface area contributed by atoms with Crippen molar-refractivity contribution in [2.24, 2.45) is 0 Å². The van der Waals surface area contributed by atoms with Crippen molar-refractivity contribution in [3.63, 3.8) is 0 Å². The van der Waals surface area contributed by atoms with Gasteiger partial charge in [0.15, 0.2) is 9.84 Å². The second-order valence-corrected chi connectivity index (χ2v) is 7.60. The van der Waals surface area contributed by atoms with E-state index in [0.717, 1.165) is 6.26 Å². The minimum absolute atomic E-state index is 0.206. The van der Waals surface area contributed by atoms with Gasteiger partial charge >= 0.3 is 0 Å². The Morgan fingerprint density at radius 3 is 2.11 bits per heavy atom. The Morgan fingerprint density at radius 2 is 1.63 bits per heavy atom. The average Bonchev–Trinajstić information content (AvgIpc) is 2.26. The Morgan fingerprint density at radius 1 is 1.05 bits per heavy atom. The van der Waals surface area contributed by atoms with Crippen molar-refractivity contribution in [2.45, 2.75) is 17.7 Å². The molecular formula is C11H15O6S2-. The molecule has 1 aromatic carbocycles. The third-order valence-corrected chi connectivity index (χ3v) is 4.23. The zero-order valence-corrected chi connectivity index (χ0v) is 12.0. The highest BCUT2D eigenvalue weighted by Crippen LogP contribution is 2.16. The van der Waals surface area contributed by atoms with E-state index in [9.17, 15) is 21.4 Å². The van der Waals surface area contributed by atoms with Gasteiger partial charge in [0.1, 0.15) is 5.75 Å². The van der Waals surface area contributed by atoms with Gasteiger partial charge in [-0.25, -0.2) is 16.8 Å². The average molecular weight is 307 g/mol. The highest BCUT2D eigenvalue weighted by molar-refractivity contribution is 7.90. The molecule has 0 aliphatic rings. The lowest BCUT2D eigenvalue weighted by Crippen LogP contribution is -2.06. The van der Waals surface area contributed by atoms with E-state index < -0.39 is 25.7 Å². The predicted molar refractivity (Wildman–Crippen MR) is 68.8 cm³/mol. The van der Waals surface area contributed by atoms with Crippen LogP contribution in [0.25, 0.3) is 0 Å². The van der Waals surface area contributed by atoms with Crippen molar-refractivity contribution < 1.29 is 26.1 Å². The smallest absolute Gasteiger partial charge is 0.175 e. The molecule has 1 aromatic rings. The molecule has 0 N–H and O–H groups in total. The molecular weight excluding hydrogens is 292 g/mol. The van der Waals surface area contributed by atoms with Gasteiger partial charge in [-0.05, 0) is 37.1 Å². The summed E-state index contributed by atoms with van der Waals surface area (Å²) in [4.78, 5) is 0.206. The summed E-state index contributed by atoms with van der Waals surface area (Å²) in [5.74, 6) is 0.0981. The highest BCUT2D eigenvalue weighted by Gasteiger charge is 2.06. The quantitative estimate of drug-likeness (QED) is 0.545. The molecule has 0 unspecified atom stereocenters. The third-order valence-electron chi connectivity index (χ3n) is 2.31. The van der Waals surface area contributed by atoms with Crippen LogP contribution in [-0.2, 0) is 20.0 Å². The van der Waals surface area contributed by atoms with Gasteiger partial charge in [0.2, 0.25) is 0 Å². The summed E-state index contributed by atoms with van der Waals surface area (Å²) in [5, 5.41) is 0. The summed E-state index contributed by atoms with van der Waals surface area (Å²) in [6.45, 7) is 0.272. The fourth-order valence-corrected chi connectivity index (χ4v) is 2.54. The molecule has 0 saturated carbocycles. The van der Waals surface area contributed by atoms with Crippen LogP contribution in [0.4, 0.5) is 0 Å². The minimum atomic E-state index is -4.16. The number of sulfone groups is 1. The maximum Gasteiger partial charge on any atom is 0.175 e. The summed E-state index contributed by atoms with van der Waals surface area (Å²) in [5.41, 5.74) is 0. The van der Waals surface area contributed by atoms with Crippen LogP contribution in [0.15, 0.2) is 29.2 Å². The first-order valence-electron chi connectivity index (χ1n) is 5.55. The SMILES string of the molecule is CS(=O)(=O)c1ccc(OCCCCS(=O)(=O)[O-])cc1. The van der Waals surface area contributed by atoms with Crippen LogP contribution in [0.3, 0.4) is 0 Å². The fraction of sp³-hybridized carbons (Fsp3) is 0.455. The molecule has 0 amide bonds. The Kier molecular flexibility index (Phi) is 5.33. The summed E-state index contributed by atoms with van der Waals surface area (Å²) < 4.78 is 58.7. The summed E-state index contributed by atoms with van der Waals surface area (Å²) >= 11 is 0. The molecule has 6 nitrogen and oxygen atoms in total. The van der Waals surface area contributed by atoms with E-state index in [4.69, 9.17) is 4.74 Å². The molecule has 8 heteroatoms. The van der Waals surface area contributed by atoms with Crippen molar-refractivity contribution in [2.75, 3.05) is 18.6 Å². The zero-order valence-electron chi connectivity index (χ0n) is 10.4. The van der Waals surface area contributed by atoms with Crippen LogP contribution < -0.4 is 4.74 Å². The van der Waals surface area contributed by atoms with Crippen molar-refractivity contribution in [1.82, 2.24) is 0 Å². The van der Waals surface area contributed by atoms with Gasteiger partial charge in [-0.3, -0.25) is 0 Å². The lowest BCUT2D eigenvalue weighted by Gasteiger charge is -2.08. The number of benzene rings is 1. The second kappa shape index (κ2) is 6.36. The monoisotopic (exact) mass is 307 g/mol. The van der Waals surface area contributed by atoms with E-state index in [-0.39, 0.29) is 17.9 Å². The van der Waals surface area contributed by atoms with E-state index in [0.29, 0.717) is 12.2 Å². The van der Waals surface area contributed by atoms with Crippen LogP contribution >= 0.6 is 0 Å². The minimum Gasteiger partial charge on any atom is -0.748 e. The van der Waals surface area contributed by atoms with Gasteiger partial charge in [-0.15, -0.1) is 0 Å². The van der Waals surface area contributed by atoms with Crippen LogP contribution in [0, 0.1) is 0 Å². The van der Waals surface area contributed by atoms with Crippen molar-refractivity contribution in [1.29, 1.82) is 0 Å². The molecule has 0 atom stereocenters. The van der Waals surface area contributed by atoms with Crippen LogP contribution in [-0.4, -0.2) is 40.0 Å². The largest absolute Gasteiger partial charge is 0.748 e. The molecule has 0 bridgehead atoms. The lowest BCUT2D eigenvalue weighted by molar-refractivity contribution is 0.308. The van der Waals surface area contributed by atoms with Gasteiger partial charge in [0, 0.05) is 12.0 Å². The standard InChI is InChI=1S/C11H16O6S2/c1-18(12,13)11-6-4-10(5-7-11)17-8-2-3-9-19(14,15)16/h4-7H,2-3,8-9H2,1H3,(H,14,15,16)/p-1. The van der Waals surface area contributed by atoms with Gasteiger partial charge in [0.05, 0.1) is 21.6 Å². The first-order valence-corrected chi connectivity index (χ1v) is 9.02. The van der Waals surface area contributed by atoms with Crippen molar-refractivity contribution in [3.8, 4) is 5.75 Å². The van der Waals surface area contributed by atoms with E-state index in [1.54, 1.807) is 0 Å². The van der Waals surface area contributed by atoms with Crippen molar-refractivity contribution >= 4 is 20.0 Å². The van der Waals surface area contributed by atoms with E-state index in [1.807, 2.05) is 0 Å². The Hall–Kier alpha value is -1.12. The normalized spacial score (nSPS) is 12.3. The first kappa shape index (κ1) is 15.9. The highest BCUT2D eigenvalue weighted by atomic mass is 32.2. The van der Waals surface area contributed by atoms with Crippen molar-refractivity contribution in [3.05, 3.63) is 24.3 Å². The van der Waals surface area contributed by atoms with Crippen LogP contribution in [0.2, 0.25) is 0 Å². The summed E-state index contributed by atoms with van der Waals surface area (Å²) in [7, 11) is -7.39. The first-order chi connectivity index (χ1) is 8.68. The Bertz CT molecular complexity index is 601. The molecule has 0 radical (unpaired) electrons. The van der Waals surface area contributed by atoms with E-state index in [1.165, 1.54) is 24.3 Å². The number of hydrogen-bond acceptors (Lipinski definition) is 6. The summed E-state index contributed by atoms with van der Waals surface area (Å²) in [6, 6.07) is 5.93. The Balaban J connectivity index is 2.39. The molecule has 108 valence electrons. The fourth-order valence-electron chi connectivity index (χ4n) is 1.35. The number of rotatable bonds is 7. The molecule has 0 saturated heterocycles. The molecule has 1 rings (SSSR count). The molecule has 0 fully saturated rings. The number of unbranched alkanes of at least 4 members (excludes halogenated alkanes) is 1. The van der Waals surface area contributed by atoms with Gasteiger partial charge in [-0.2, -0.15) is 0 Å². The van der Waals surface area contributed by atoms with Gasteiger partial charge in [-0.1, -0.05) is 0 Å². The maximum absolute atomic E-state index is 11.2. The molecule has 0 spiro atoms. The van der Waals surface area contributed by atoms with E-state index in [2.05, 4.69) is 0 Å². The van der Waals surface area contributed by atoms with Gasteiger partial charge < -0.3 is 9.29 Å². The maximum atomic E-state index is 11.2. The third kappa shape index (κ3) is 6.55. The second-order valence-electron chi connectivity index (χ2n) is 4.06. The van der Waals surface area contributed by atoms with Crippen LogP contribution in [0.5, 0.6) is 5.75 Å². The summed E-state index contributed by atoms with van der Waals surface area (Å²) in [6.07, 6.45) is 1.80. The lowest BCUT2D eigenvalue weighted by atomic mass is 10.3. The molecule has 19 heavy (non-hydrogen) atoms. The molecule has 0 aliphatic carbocycles. The number of ether oxygens (including phenoxy) is 1. The van der Waals surface area contributed by atoms with E-state index >= 15 is 0 Å². The molecule has 0 heterocycles.